The van der Waals surface area contributed by atoms with Crippen molar-refractivity contribution in [1.82, 2.24) is 0 Å². The predicted octanol–water partition coefficient (Wildman–Crippen LogP) is 6.24. The van der Waals surface area contributed by atoms with Crippen LogP contribution in [0.3, 0.4) is 0 Å². The van der Waals surface area contributed by atoms with Crippen molar-refractivity contribution >= 4 is 19.1 Å². The van der Waals surface area contributed by atoms with Crippen molar-refractivity contribution in [2.24, 2.45) is 0 Å². The Morgan fingerprint density at radius 1 is 1.20 bits per heavy atom. The zero-order chi connectivity index (χ0) is 19.1. The second-order valence-electron chi connectivity index (χ2n) is 8.31. The molecule has 0 radical (unpaired) electrons. The minimum absolute atomic E-state index is 0.0834. The first-order valence-corrected chi connectivity index (χ1v) is 13.6. The minimum atomic E-state index is -1.90. The maximum absolute atomic E-state index is 12.8. The Kier molecular flexibility index (Phi) is 8.79. The monoisotopic (exact) mass is 380 g/mol. The van der Waals surface area contributed by atoms with Crippen LogP contribution in [0.1, 0.15) is 52.5 Å². The van der Waals surface area contributed by atoms with Gasteiger partial charge in [0.05, 0.1) is 22.7 Å². The zero-order valence-electron chi connectivity index (χ0n) is 17.1. The highest BCUT2D eigenvalue weighted by molar-refractivity contribution is 7.85. The normalized spacial score (nSPS) is 15.5. The van der Waals surface area contributed by atoms with Crippen molar-refractivity contribution in [2.45, 2.75) is 83.0 Å². The van der Waals surface area contributed by atoms with E-state index in [0.717, 1.165) is 11.3 Å². The summed E-state index contributed by atoms with van der Waals surface area (Å²) in [6.45, 7) is 15.5. The summed E-state index contributed by atoms with van der Waals surface area (Å²) >= 11 is 0. The molecule has 1 unspecified atom stereocenters. The summed E-state index contributed by atoms with van der Waals surface area (Å²) in [6, 6.07) is 7.98. The van der Waals surface area contributed by atoms with Gasteiger partial charge in [-0.3, -0.25) is 4.21 Å². The Morgan fingerprint density at radius 3 is 2.32 bits per heavy atom. The summed E-state index contributed by atoms with van der Waals surface area (Å²) < 4.78 is 19.4. The molecule has 0 heterocycles. The smallest absolute Gasteiger partial charge is 0.192 e. The van der Waals surface area contributed by atoms with E-state index in [1.54, 1.807) is 0 Å². The summed E-state index contributed by atoms with van der Waals surface area (Å²) in [7, 11) is -2.94. The number of hydrogen-bond acceptors (Lipinski definition) is 2. The Labute approximate surface area is 158 Å². The molecule has 0 amide bonds. The van der Waals surface area contributed by atoms with Crippen molar-refractivity contribution in [2.75, 3.05) is 5.75 Å². The van der Waals surface area contributed by atoms with Crippen LogP contribution < -0.4 is 0 Å². The van der Waals surface area contributed by atoms with Crippen LogP contribution in [0.5, 0.6) is 0 Å². The van der Waals surface area contributed by atoms with Crippen LogP contribution in [-0.4, -0.2) is 24.4 Å². The van der Waals surface area contributed by atoms with Gasteiger partial charge in [-0.25, -0.2) is 0 Å². The van der Waals surface area contributed by atoms with Crippen molar-refractivity contribution in [3.8, 4) is 0 Å². The number of benzene rings is 1. The van der Waals surface area contributed by atoms with E-state index in [4.69, 9.17) is 4.43 Å². The molecule has 0 aromatic heterocycles. The molecule has 1 aromatic rings. The zero-order valence-corrected chi connectivity index (χ0v) is 18.9. The average Bonchev–Trinajstić information content (AvgIpc) is 2.50. The maximum Gasteiger partial charge on any atom is 0.192 e. The van der Waals surface area contributed by atoms with Crippen LogP contribution in [0.4, 0.5) is 0 Å². The van der Waals surface area contributed by atoms with E-state index < -0.39 is 19.1 Å². The topological polar surface area (TPSA) is 26.3 Å². The van der Waals surface area contributed by atoms with Gasteiger partial charge in [-0.05, 0) is 43.6 Å². The Morgan fingerprint density at radius 2 is 1.80 bits per heavy atom. The van der Waals surface area contributed by atoms with Crippen molar-refractivity contribution in [3.63, 3.8) is 0 Å². The second-order valence-corrected chi connectivity index (χ2v) is 14.6. The summed E-state index contributed by atoms with van der Waals surface area (Å²) in [4.78, 5) is 0.886. The number of rotatable bonds is 9. The molecule has 0 aliphatic carbocycles. The molecule has 1 rings (SSSR count). The molecule has 0 aliphatic rings. The molecule has 0 saturated carbocycles. The van der Waals surface area contributed by atoms with Crippen LogP contribution in [-0.2, 0) is 15.2 Å². The van der Waals surface area contributed by atoms with Crippen molar-refractivity contribution in [3.05, 3.63) is 42.0 Å². The molecule has 142 valence electrons. The fourth-order valence-electron chi connectivity index (χ4n) is 2.19. The molecular weight excluding hydrogens is 344 g/mol. The Hall–Kier alpha value is -0.713. The molecule has 25 heavy (non-hydrogen) atoms. The van der Waals surface area contributed by atoms with Gasteiger partial charge in [0, 0.05) is 4.90 Å². The van der Waals surface area contributed by atoms with Crippen molar-refractivity contribution < 1.29 is 8.63 Å². The molecule has 0 fully saturated rings. The molecule has 0 spiro atoms. The molecule has 0 aliphatic heterocycles. The van der Waals surface area contributed by atoms with E-state index in [1.807, 2.05) is 31.2 Å². The van der Waals surface area contributed by atoms with E-state index in [2.05, 4.69) is 52.9 Å². The summed E-state index contributed by atoms with van der Waals surface area (Å²) in [5, 5.41) is 0.147. The Balaban J connectivity index is 2.88. The number of allylic oxidation sites excluding steroid dienone is 1. The van der Waals surface area contributed by atoms with Crippen LogP contribution in [0, 0.1) is 6.92 Å². The standard InChI is InChI=1S/C21H36O2SSi/c1-8-9-10-11-12-19(23-25(6,7)21(3,4)5)17-24(22)20-15-13-18(2)14-16-20/h11-16,19H,8-10,17H2,1-7H3/b12-11+/t19-,24?/m0/s1. The first kappa shape index (κ1) is 22.3. The van der Waals surface area contributed by atoms with Crippen LogP contribution in [0.15, 0.2) is 41.3 Å². The summed E-state index contributed by atoms with van der Waals surface area (Å²) in [6.07, 6.45) is 7.69. The fourth-order valence-corrected chi connectivity index (χ4v) is 4.69. The third-order valence-corrected chi connectivity index (χ3v) is 10.9. The molecule has 0 saturated heterocycles. The lowest BCUT2D eigenvalue weighted by atomic mass is 10.2. The largest absolute Gasteiger partial charge is 0.410 e. The van der Waals surface area contributed by atoms with E-state index >= 15 is 0 Å². The molecule has 4 heteroatoms. The lowest BCUT2D eigenvalue weighted by Gasteiger charge is -2.38. The van der Waals surface area contributed by atoms with Gasteiger partial charge in [-0.1, -0.05) is 70.4 Å². The van der Waals surface area contributed by atoms with Gasteiger partial charge in [0.2, 0.25) is 0 Å². The van der Waals surface area contributed by atoms with Gasteiger partial charge in [0.1, 0.15) is 0 Å². The van der Waals surface area contributed by atoms with Crippen LogP contribution in [0.2, 0.25) is 18.1 Å². The maximum atomic E-state index is 12.8. The van der Waals surface area contributed by atoms with Crippen LogP contribution in [0.25, 0.3) is 0 Å². The minimum Gasteiger partial charge on any atom is -0.410 e. The summed E-state index contributed by atoms with van der Waals surface area (Å²) in [5.41, 5.74) is 1.19. The summed E-state index contributed by atoms with van der Waals surface area (Å²) in [5.74, 6) is 0.526. The molecule has 0 N–H and O–H groups in total. The van der Waals surface area contributed by atoms with Gasteiger partial charge in [0.15, 0.2) is 8.32 Å². The van der Waals surface area contributed by atoms with Gasteiger partial charge in [-0.15, -0.1) is 0 Å². The molecular formula is C21H36O2SSi. The molecule has 2 nitrogen and oxygen atoms in total. The Bertz CT molecular complexity index is 571. The molecule has 2 atom stereocenters. The van der Waals surface area contributed by atoms with Crippen molar-refractivity contribution in [1.29, 1.82) is 0 Å². The van der Waals surface area contributed by atoms with E-state index in [-0.39, 0.29) is 11.1 Å². The van der Waals surface area contributed by atoms with Gasteiger partial charge < -0.3 is 4.43 Å². The highest BCUT2D eigenvalue weighted by Crippen LogP contribution is 2.37. The third-order valence-electron chi connectivity index (χ3n) is 4.93. The number of aryl methyl sites for hydroxylation is 1. The number of unbranched alkanes of at least 4 members (excludes halogenated alkanes) is 2. The first-order valence-electron chi connectivity index (χ1n) is 9.36. The predicted molar refractivity (Wildman–Crippen MR) is 113 cm³/mol. The lowest BCUT2D eigenvalue weighted by molar-refractivity contribution is 0.246. The SMILES string of the molecule is CCCC/C=C/[C@@H](CS(=O)c1ccc(C)cc1)O[Si](C)(C)C(C)(C)C. The van der Waals surface area contributed by atoms with E-state index in [9.17, 15) is 4.21 Å². The van der Waals surface area contributed by atoms with E-state index in [1.165, 1.54) is 18.4 Å². The molecule has 1 aromatic carbocycles. The average molecular weight is 381 g/mol. The van der Waals surface area contributed by atoms with Gasteiger partial charge in [-0.2, -0.15) is 0 Å². The quantitative estimate of drug-likeness (QED) is 0.288. The third kappa shape index (κ3) is 7.59. The highest BCUT2D eigenvalue weighted by Gasteiger charge is 2.39. The van der Waals surface area contributed by atoms with Gasteiger partial charge >= 0.3 is 0 Å². The fraction of sp³-hybridized carbons (Fsp3) is 0.619. The first-order chi connectivity index (χ1) is 11.6. The molecule has 0 bridgehead atoms. The van der Waals surface area contributed by atoms with Crippen LogP contribution >= 0.6 is 0 Å². The van der Waals surface area contributed by atoms with Gasteiger partial charge in [0.25, 0.3) is 0 Å². The number of hydrogen-bond donors (Lipinski definition) is 0. The van der Waals surface area contributed by atoms with E-state index in [0.29, 0.717) is 5.75 Å². The highest BCUT2D eigenvalue weighted by atomic mass is 32.2. The second kappa shape index (κ2) is 9.84. The lowest BCUT2D eigenvalue weighted by Crippen LogP contribution is -2.44.